The number of nitrogens with zero attached hydrogens (tertiary/aromatic N) is 2. The maximum Gasteiger partial charge on any atom is 0.220 e. The van der Waals surface area contributed by atoms with Crippen molar-refractivity contribution < 1.29 is 0 Å². The number of nitrogens with two attached hydrogens (primary N) is 1. The molecule has 5 heteroatoms. The number of hydrogen-bond donors (Lipinski definition) is 2. The Morgan fingerprint density at radius 2 is 2.12 bits per heavy atom. The molecule has 1 aromatic carbocycles. The molecule has 0 aliphatic carbocycles. The van der Waals surface area contributed by atoms with Crippen molar-refractivity contribution in [2.24, 2.45) is 0 Å². The van der Waals surface area contributed by atoms with Crippen molar-refractivity contribution in [3.8, 4) is 0 Å². The molecule has 2 aromatic rings. The van der Waals surface area contributed by atoms with E-state index in [-0.39, 0.29) is 0 Å². The monoisotopic (exact) mass is 248 g/mol. The average Bonchev–Trinajstić information content (AvgIpc) is 2.67. The first-order valence-corrected chi connectivity index (χ1v) is 6.05. The summed E-state index contributed by atoms with van der Waals surface area (Å²) in [7, 11) is 0. The van der Waals surface area contributed by atoms with Crippen LogP contribution in [0, 0.1) is 4.77 Å². The molecule has 0 aliphatic rings. The Morgan fingerprint density at radius 1 is 1.41 bits per heavy atom. The lowest BCUT2D eigenvalue weighted by atomic mass is 9.98. The third kappa shape index (κ3) is 2.74. The van der Waals surface area contributed by atoms with Gasteiger partial charge in [0.2, 0.25) is 5.95 Å². The van der Waals surface area contributed by atoms with Crippen LogP contribution < -0.4 is 5.73 Å². The molecule has 0 amide bonds. The second kappa shape index (κ2) is 5.14. The molecule has 0 radical (unpaired) electrons. The highest BCUT2D eigenvalue weighted by Crippen LogP contribution is 2.19. The van der Waals surface area contributed by atoms with Crippen molar-refractivity contribution in [3.63, 3.8) is 0 Å². The van der Waals surface area contributed by atoms with E-state index in [1.165, 1.54) is 5.56 Å². The fraction of sp³-hybridized carbons (Fsp3) is 0.333. The third-order valence-corrected chi connectivity index (χ3v) is 3.25. The molecule has 1 unspecified atom stereocenters. The molecule has 0 bridgehead atoms. The summed E-state index contributed by atoms with van der Waals surface area (Å²) < 4.78 is 2.41. The number of nitrogens with one attached hydrogen (secondary N) is 1. The standard InChI is InChI=1S/C12H16N4S/c1-9(10-5-3-2-4-6-10)7-8-16-11(13)14-15-12(16)17/h2-6,9H,7-8H2,1H3,(H2,13,14)(H,15,17). The molecule has 1 heterocycles. The number of benzene rings is 1. The first-order valence-electron chi connectivity index (χ1n) is 5.64. The molecule has 0 saturated carbocycles. The van der Waals surface area contributed by atoms with Crippen LogP contribution in [0.5, 0.6) is 0 Å². The van der Waals surface area contributed by atoms with Crippen LogP contribution >= 0.6 is 12.2 Å². The van der Waals surface area contributed by atoms with Gasteiger partial charge in [-0.05, 0) is 30.1 Å². The second-order valence-electron chi connectivity index (χ2n) is 4.14. The topological polar surface area (TPSA) is 59.6 Å². The molecule has 3 N–H and O–H groups in total. The number of rotatable bonds is 4. The van der Waals surface area contributed by atoms with Crippen LogP contribution in [-0.2, 0) is 6.54 Å². The fourth-order valence-electron chi connectivity index (χ4n) is 1.82. The highest BCUT2D eigenvalue weighted by atomic mass is 32.1. The molecule has 17 heavy (non-hydrogen) atoms. The molecule has 0 saturated heterocycles. The van der Waals surface area contributed by atoms with Gasteiger partial charge in [0.1, 0.15) is 0 Å². The van der Waals surface area contributed by atoms with Crippen molar-refractivity contribution in [1.29, 1.82) is 0 Å². The lowest BCUT2D eigenvalue weighted by Crippen LogP contribution is -2.06. The fourth-order valence-corrected chi connectivity index (χ4v) is 2.05. The summed E-state index contributed by atoms with van der Waals surface area (Å²) in [6, 6.07) is 10.4. The Morgan fingerprint density at radius 3 is 2.71 bits per heavy atom. The van der Waals surface area contributed by atoms with E-state index in [1.54, 1.807) is 0 Å². The van der Waals surface area contributed by atoms with E-state index in [0.717, 1.165) is 13.0 Å². The lowest BCUT2D eigenvalue weighted by molar-refractivity contribution is 0.575. The van der Waals surface area contributed by atoms with E-state index in [4.69, 9.17) is 18.0 Å². The summed E-state index contributed by atoms with van der Waals surface area (Å²) in [4.78, 5) is 0. The Bertz CT molecular complexity index is 529. The minimum atomic E-state index is 0.454. The van der Waals surface area contributed by atoms with E-state index in [0.29, 0.717) is 16.6 Å². The predicted octanol–water partition coefficient (Wildman–Crippen LogP) is 2.72. The molecule has 0 aliphatic heterocycles. The van der Waals surface area contributed by atoms with E-state index in [2.05, 4.69) is 41.4 Å². The van der Waals surface area contributed by atoms with Crippen molar-refractivity contribution in [1.82, 2.24) is 14.8 Å². The van der Waals surface area contributed by atoms with Crippen molar-refractivity contribution in [2.75, 3.05) is 5.73 Å². The van der Waals surface area contributed by atoms with E-state index in [9.17, 15) is 0 Å². The third-order valence-electron chi connectivity index (χ3n) is 2.94. The number of nitrogen functional groups attached to an aromatic ring is 1. The lowest BCUT2D eigenvalue weighted by Gasteiger charge is -2.12. The summed E-state index contributed by atoms with van der Waals surface area (Å²) in [6.45, 7) is 2.99. The van der Waals surface area contributed by atoms with Gasteiger partial charge in [0.25, 0.3) is 0 Å². The minimum Gasteiger partial charge on any atom is -0.368 e. The molecule has 0 spiro atoms. The van der Waals surface area contributed by atoms with Gasteiger partial charge in [-0.15, -0.1) is 5.10 Å². The van der Waals surface area contributed by atoms with Crippen LogP contribution in [0.15, 0.2) is 30.3 Å². The number of aromatic amines is 1. The Labute approximate surface area is 105 Å². The molecule has 2 rings (SSSR count). The zero-order chi connectivity index (χ0) is 12.3. The summed E-state index contributed by atoms with van der Waals surface area (Å²) in [5.74, 6) is 0.933. The first kappa shape index (κ1) is 11.9. The van der Waals surface area contributed by atoms with Crippen molar-refractivity contribution in [3.05, 3.63) is 40.7 Å². The summed E-state index contributed by atoms with van der Waals surface area (Å²) in [5, 5.41) is 6.58. The van der Waals surface area contributed by atoms with Crippen LogP contribution in [0.3, 0.4) is 0 Å². The SMILES string of the molecule is CC(CCn1c(N)n[nH]c1=S)c1ccccc1. The van der Waals surface area contributed by atoms with Crippen molar-refractivity contribution >= 4 is 18.2 Å². The Balaban J connectivity index is 2.02. The highest BCUT2D eigenvalue weighted by molar-refractivity contribution is 7.71. The van der Waals surface area contributed by atoms with Gasteiger partial charge in [0.05, 0.1) is 0 Å². The molecule has 0 fully saturated rings. The van der Waals surface area contributed by atoms with Crippen LogP contribution in [0.1, 0.15) is 24.8 Å². The minimum absolute atomic E-state index is 0.454. The quantitative estimate of drug-likeness (QED) is 0.818. The van der Waals surface area contributed by atoms with Gasteiger partial charge in [-0.3, -0.25) is 4.57 Å². The maximum absolute atomic E-state index is 5.72. The predicted molar refractivity (Wildman–Crippen MR) is 71.3 cm³/mol. The molecule has 1 atom stereocenters. The normalized spacial score (nSPS) is 12.5. The summed E-state index contributed by atoms with van der Waals surface area (Å²) in [6.07, 6.45) is 0.988. The molecule has 1 aromatic heterocycles. The average molecular weight is 248 g/mol. The molecule has 90 valence electrons. The zero-order valence-electron chi connectivity index (χ0n) is 9.76. The van der Waals surface area contributed by atoms with E-state index in [1.807, 2.05) is 10.6 Å². The van der Waals surface area contributed by atoms with Crippen LogP contribution in [-0.4, -0.2) is 14.8 Å². The smallest absolute Gasteiger partial charge is 0.220 e. The van der Waals surface area contributed by atoms with Gasteiger partial charge in [-0.2, -0.15) is 0 Å². The zero-order valence-corrected chi connectivity index (χ0v) is 10.6. The summed E-state index contributed by atoms with van der Waals surface area (Å²) in [5.41, 5.74) is 7.05. The number of anilines is 1. The van der Waals surface area contributed by atoms with Gasteiger partial charge in [-0.25, -0.2) is 5.10 Å². The maximum atomic E-state index is 5.72. The molecule has 4 nitrogen and oxygen atoms in total. The van der Waals surface area contributed by atoms with Gasteiger partial charge in [-0.1, -0.05) is 37.3 Å². The molecular formula is C12H16N4S. The first-order chi connectivity index (χ1) is 8.18. The number of aromatic nitrogens is 3. The van der Waals surface area contributed by atoms with E-state index >= 15 is 0 Å². The summed E-state index contributed by atoms with van der Waals surface area (Å²) >= 11 is 5.11. The van der Waals surface area contributed by atoms with E-state index < -0.39 is 0 Å². The Hall–Kier alpha value is -1.62. The van der Waals surface area contributed by atoms with Gasteiger partial charge >= 0.3 is 0 Å². The second-order valence-corrected chi connectivity index (χ2v) is 4.53. The number of hydrogen-bond acceptors (Lipinski definition) is 3. The largest absolute Gasteiger partial charge is 0.368 e. The van der Waals surface area contributed by atoms with Crippen LogP contribution in [0.2, 0.25) is 0 Å². The Kier molecular flexibility index (Phi) is 3.58. The molecular weight excluding hydrogens is 232 g/mol. The van der Waals surface area contributed by atoms with Crippen molar-refractivity contribution in [2.45, 2.75) is 25.8 Å². The number of H-pyrrole nitrogens is 1. The van der Waals surface area contributed by atoms with Gasteiger partial charge < -0.3 is 5.73 Å². The van der Waals surface area contributed by atoms with Crippen LogP contribution in [0.25, 0.3) is 0 Å². The highest BCUT2D eigenvalue weighted by Gasteiger charge is 2.07. The van der Waals surface area contributed by atoms with Gasteiger partial charge in [0, 0.05) is 6.54 Å². The van der Waals surface area contributed by atoms with Gasteiger partial charge in [0.15, 0.2) is 4.77 Å². The van der Waals surface area contributed by atoms with Crippen LogP contribution in [0.4, 0.5) is 5.95 Å².